The molecule has 60 heavy (non-hydrogen) atoms. The van der Waals surface area contributed by atoms with E-state index in [0.717, 1.165) is 69.3 Å². The maximum atomic E-state index is 12.7. The summed E-state index contributed by atoms with van der Waals surface area (Å²) in [7, 11) is 1.05. The molecule has 1 aromatic rings. The Kier molecular flexibility index (Phi) is 30.7. The SMILES string of the molecule is CC/C=C\C/C=C\CC(O)/C=C/C=C\C/C=C\CCCC(=O)O[C@H](COC(=O)CCCCCCCCc1oc(CCCCC)c(C)c1C)COP(=O)([O-])OCC[N+](C)(C)C. The number of aliphatic hydroxyl groups is 1. The van der Waals surface area contributed by atoms with Gasteiger partial charge in [0.05, 0.1) is 33.9 Å². The van der Waals surface area contributed by atoms with E-state index in [9.17, 15) is 24.2 Å². The molecule has 0 spiro atoms. The summed E-state index contributed by atoms with van der Waals surface area (Å²) in [6.45, 7) is 8.17. The number of aryl methyl sites for hydroxylation is 2. The van der Waals surface area contributed by atoms with E-state index < -0.39 is 38.6 Å². The first-order valence-electron chi connectivity index (χ1n) is 22.5. The molecule has 0 aromatic carbocycles. The zero-order valence-corrected chi connectivity index (χ0v) is 39.1. The Morgan fingerprint density at radius 1 is 0.750 bits per heavy atom. The van der Waals surface area contributed by atoms with Gasteiger partial charge in [-0.25, -0.2) is 0 Å². The van der Waals surface area contributed by atoms with Crippen molar-refractivity contribution in [2.45, 2.75) is 162 Å². The van der Waals surface area contributed by atoms with Crippen molar-refractivity contribution in [1.82, 2.24) is 0 Å². The lowest BCUT2D eigenvalue weighted by atomic mass is 10.0. The van der Waals surface area contributed by atoms with E-state index >= 15 is 0 Å². The summed E-state index contributed by atoms with van der Waals surface area (Å²) < 4.78 is 40.1. The fourth-order valence-electron chi connectivity index (χ4n) is 6.01. The van der Waals surface area contributed by atoms with E-state index in [0.29, 0.717) is 43.1 Å². The number of allylic oxidation sites excluding steroid dienone is 8. The van der Waals surface area contributed by atoms with Crippen molar-refractivity contribution in [3.63, 3.8) is 0 Å². The van der Waals surface area contributed by atoms with Crippen LogP contribution >= 0.6 is 7.82 Å². The van der Waals surface area contributed by atoms with Gasteiger partial charge in [0.25, 0.3) is 7.82 Å². The number of rotatable bonds is 36. The van der Waals surface area contributed by atoms with E-state index in [1.807, 2.05) is 63.7 Å². The van der Waals surface area contributed by atoms with Gasteiger partial charge in [-0.15, -0.1) is 0 Å². The molecule has 11 nitrogen and oxygen atoms in total. The zero-order chi connectivity index (χ0) is 44.5. The number of hydrogen-bond donors (Lipinski definition) is 1. The predicted molar refractivity (Wildman–Crippen MR) is 240 cm³/mol. The van der Waals surface area contributed by atoms with Gasteiger partial charge in [-0.3, -0.25) is 14.2 Å². The number of hydrogen-bond acceptors (Lipinski definition) is 10. The Hall–Kier alpha value is -3.05. The lowest BCUT2D eigenvalue weighted by Crippen LogP contribution is -2.37. The highest BCUT2D eigenvalue weighted by Crippen LogP contribution is 2.38. The molecular weight excluding hydrogens is 781 g/mol. The fraction of sp³-hybridized carbons (Fsp3) is 0.667. The van der Waals surface area contributed by atoms with Crippen molar-refractivity contribution < 1.29 is 51.6 Å². The monoisotopic (exact) mass is 862 g/mol. The summed E-state index contributed by atoms with van der Waals surface area (Å²) >= 11 is 0. The first-order chi connectivity index (χ1) is 28.7. The molecule has 3 atom stereocenters. The van der Waals surface area contributed by atoms with Crippen LogP contribution in [0.15, 0.2) is 65.2 Å². The van der Waals surface area contributed by atoms with Crippen LogP contribution in [0.25, 0.3) is 0 Å². The Labute approximate surface area is 363 Å². The van der Waals surface area contributed by atoms with E-state index in [1.165, 1.54) is 30.4 Å². The van der Waals surface area contributed by atoms with E-state index in [2.05, 4.69) is 39.8 Å². The number of aliphatic hydroxyl groups excluding tert-OH is 1. The zero-order valence-electron chi connectivity index (χ0n) is 38.2. The number of carbonyl (C=O) groups excluding carboxylic acids is 2. The third-order valence-corrected chi connectivity index (χ3v) is 10.8. The number of ether oxygens (including phenoxy) is 2. The van der Waals surface area contributed by atoms with Crippen LogP contribution in [0.5, 0.6) is 0 Å². The Balaban J connectivity index is 2.45. The first kappa shape index (κ1) is 55.0. The average molecular weight is 862 g/mol. The highest BCUT2D eigenvalue weighted by Gasteiger charge is 2.22. The van der Waals surface area contributed by atoms with Crippen LogP contribution < -0.4 is 4.89 Å². The van der Waals surface area contributed by atoms with E-state index in [4.69, 9.17) is 22.9 Å². The largest absolute Gasteiger partial charge is 0.756 e. The molecule has 0 aliphatic carbocycles. The minimum atomic E-state index is -4.68. The number of quaternary nitrogens is 1. The molecule has 1 N–H and O–H groups in total. The van der Waals surface area contributed by atoms with Crippen LogP contribution in [-0.4, -0.2) is 81.2 Å². The standard InChI is InChI=1S/C48H80NO10P/c1-8-10-12-13-20-26-31-43(50)32-27-21-16-14-15-17-24-30-36-48(52)58-44(40-57-60(53,54)56-38-37-49(5,6)7)39-55-47(51)35-29-23-19-18-22-28-34-46-42(4)41(3)45(59-46)33-25-11-9-2/h10,12,15-17,20-21,26-27,32,43-44,50H,8-9,11,13-14,18-19,22-25,28-31,33-40H2,1-7H3/b12-10-,17-15-,21-16-,26-20-,32-27+/t43?,44-/m1/s1. The van der Waals surface area contributed by atoms with Gasteiger partial charge in [0, 0.05) is 25.7 Å². The second-order valence-corrected chi connectivity index (χ2v) is 17.9. The molecule has 0 saturated carbocycles. The number of carbonyl (C=O) groups is 2. The summed E-state index contributed by atoms with van der Waals surface area (Å²) in [6.07, 6.45) is 34.1. The summed E-state index contributed by atoms with van der Waals surface area (Å²) in [5, 5.41) is 10.0. The molecule has 12 heteroatoms. The van der Waals surface area contributed by atoms with E-state index in [1.54, 1.807) is 6.08 Å². The summed E-state index contributed by atoms with van der Waals surface area (Å²) in [5.41, 5.74) is 2.59. The lowest BCUT2D eigenvalue weighted by Gasteiger charge is -2.28. The summed E-state index contributed by atoms with van der Waals surface area (Å²) in [5.74, 6) is 1.28. The molecule has 0 radical (unpaired) electrons. The topological polar surface area (TPSA) is 145 Å². The van der Waals surface area contributed by atoms with Gasteiger partial charge in [-0.1, -0.05) is 113 Å². The number of phosphoric ester groups is 1. The second-order valence-electron chi connectivity index (χ2n) is 16.5. The molecule has 0 aliphatic rings. The van der Waals surface area contributed by atoms with Crippen molar-refractivity contribution in [2.24, 2.45) is 0 Å². The molecular formula is C48H80NO10P. The molecule has 0 aliphatic heterocycles. The molecule has 0 saturated heterocycles. The number of furan rings is 1. The third kappa shape index (κ3) is 30.1. The third-order valence-electron chi connectivity index (χ3n) is 9.84. The van der Waals surface area contributed by atoms with Crippen molar-refractivity contribution in [3.05, 3.63) is 83.4 Å². The number of unbranched alkanes of at least 4 members (excludes halogenated alkanes) is 8. The Bertz CT molecular complexity index is 1500. The van der Waals surface area contributed by atoms with Crippen molar-refractivity contribution >= 4 is 19.8 Å². The smallest absolute Gasteiger partial charge is 0.306 e. The normalized spacial score (nSPS) is 14.6. The molecule has 0 fully saturated rings. The number of phosphoric acid groups is 1. The number of nitrogens with zero attached hydrogens (tertiary/aromatic N) is 1. The minimum Gasteiger partial charge on any atom is -0.756 e. The fourth-order valence-corrected chi connectivity index (χ4v) is 6.74. The van der Waals surface area contributed by atoms with Gasteiger partial charge in [-0.05, 0) is 82.8 Å². The molecule has 0 amide bonds. The number of esters is 2. The molecule has 1 aromatic heterocycles. The predicted octanol–water partition coefficient (Wildman–Crippen LogP) is 10.5. The van der Waals surface area contributed by atoms with Crippen LogP contribution in [-0.2, 0) is 45.5 Å². The molecule has 342 valence electrons. The molecule has 1 rings (SSSR count). The quantitative estimate of drug-likeness (QED) is 0.0173. The van der Waals surface area contributed by atoms with Gasteiger partial charge in [-0.2, -0.15) is 0 Å². The minimum absolute atomic E-state index is 0.0638. The van der Waals surface area contributed by atoms with E-state index in [-0.39, 0.29) is 26.1 Å². The highest BCUT2D eigenvalue weighted by molar-refractivity contribution is 7.45. The maximum absolute atomic E-state index is 12.7. The van der Waals surface area contributed by atoms with Crippen molar-refractivity contribution in [1.29, 1.82) is 0 Å². The van der Waals surface area contributed by atoms with Crippen LogP contribution in [0.2, 0.25) is 0 Å². The lowest BCUT2D eigenvalue weighted by molar-refractivity contribution is -0.870. The van der Waals surface area contributed by atoms with Gasteiger partial charge < -0.3 is 37.4 Å². The van der Waals surface area contributed by atoms with Crippen LogP contribution in [0.4, 0.5) is 0 Å². The van der Waals surface area contributed by atoms with Crippen LogP contribution in [0.1, 0.15) is 146 Å². The van der Waals surface area contributed by atoms with Gasteiger partial charge >= 0.3 is 11.9 Å². The number of likely N-dealkylation sites (N-methyl/N-ethyl adjacent to an activating group) is 1. The van der Waals surface area contributed by atoms with Crippen molar-refractivity contribution in [3.8, 4) is 0 Å². The van der Waals surface area contributed by atoms with Crippen molar-refractivity contribution in [2.75, 3.05) is 47.5 Å². The van der Waals surface area contributed by atoms with Gasteiger partial charge in [0.15, 0.2) is 6.10 Å². The Morgan fingerprint density at radius 2 is 1.37 bits per heavy atom. The molecule has 0 bridgehead atoms. The van der Waals surface area contributed by atoms with Gasteiger partial charge in [0.1, 0.15) is 31.3 Å². The maximum Gasteiger partial charge on any atom is 0.306 e. The van der Waals surface area contributed by atoms with Gasteiger partial charge in [0.2, 0.25) is 0 Å². The molecule has 1 heterocycles. The molecule has 2 unspecified atom stereocenters. The Morgan fingerprint density at radius 3 is 2.05 bits per heavy atom. The average Bonchev–Trinajstić information content (AvgIpc) is 3.46. The summed E-state index contributed by atoms with van der Waals surface area (Å²) in [4.78, 5) is 37.7. The summed E-state index contributed by atoms with van der Waals surface area (Å²) in [6, 6.07) is 0. The highest BCUT2D eigenvalue weighted by atomic mass is 31.2. The second kappa shape index (κ2) is 33.6. The van der Waals surface area contributed by atoms with Crippen LogP contribution in [0.3, 0.4) is 0 Å². The van der Waals surface area contributed by atoms with Crippen LogP contribution in [0, 0.1) is 13.8 Å². The first-order valence-corrected chi connectivity index (χ1v) is 23.9.